The molecule has 0 saturated carbocycles. The number of aliphatic imine (C=N–C) groups is 2. The average molecular weight is 464 g/mol. The topological polar surface area (TPSA) is 130 Å². The molecule has 1 fully saturated rings. The smallest absolute Gasteiger partial charge is 0.258 e. The molecule has 4 rings (SSSR count). The van der Waals surface area contributed by atoms with Gasteiger partial charge in [-0.25, -0.2) is 0 Å². The fourth-order valence-electron chi connectivity index (χ4n) is 3.79. The van der Waals surface area contributed by atoms with E-state index >= 15 is 0 Å². The minimum atomic E-state index is -0.233. The number of allylic oxidation sites excluding steroid dienone is 2. The highest BCUT2D eigenvalue weighted by molar-refractivity contribution is 6.17. The maximum absolute atomic E-state index is 12.4. The minimum Gasteiger partial charge on any atom is -0.397 e. The van der Waals surface area contributed by atoms with E-state index in [0.717, 1.165) is 50.2 Å². The number of H-pyrrole nitrogens is 1. The third-order valence-electron chi connectivity index (χ3n) is 5.64. The molecule has 1 aromatic carbocycles. The van der Waals surface area contributed by atoms with E-state index < -0.39 is 0 Å². The van der Waals surface area contributed by atoms with Crippen molar-refractivity contribution in [2.45, 2.75) is 38.2 Å². The zero-order valence-electron chi connectivity index (χ0n) is 19.6. The van der Waals surface area contributed by atoms with Crippen molar-refractivity contribution in [3.63, 3.8) is 0 Å². The monoisotopic (exact) mass is 463 g/mol. The van der Waals surface area contributed by atoms with Crippen LogP contribution in [-0.2, 0) is 9.53 Å². The maximum atomic E-state index is 12.4. The SMILES string of the molecule is C=Nc1ccccc1N.Cc1cc(NC(=O)/C2=C/C=C/NCCC3(CCCO3)CCN=C2)n[nH]1. The molecule has 2 aromatic rings. The molecule has 5 N–H and O–H groups in total. The molecule has 180 valence electrons. The Balaban J connectivity index is 0.000000302. The molecule has 9 nitrogen and oxygen atoms in total. The molecule has 2 aliphatic rings. The van der Waals surface area contributed by atoms with Crippen molar-refractivity contribution in [3.05, 3.63) is 60.0 Å². The first kappa shape index (κ1) is 24.9. The first-order chi connectivity index (χ1) is 16.5. The summed E-state index contributed by atoms with van der Waals surface area (Å²) in [6.45, 7) is 7.57. The molecule has 1 atom stereocenters. The van der Waals surface area contributed by atoms with Crippen LogP contribution >= 0.6 is 0 Å². The summed E-state index contributed by atoms with van der Waals surface area (Å²) in [7, 11) is 0. The number of aromatic nitrogens is 2. The first-order valence-corrected chi connectivity index (χ1v) is 11.4. The van der Waals surface area contributed by atoms with Gasteiger partial charge in [0.05, 0.1) is 22.5 Å². The van der Waals surface area contributed by atoms with Crippen LogP contribution in [0, 0.1) is 6.92 Å². The molecule has 9 heteroatoms. The average Bonchev–Trinajstić information content (AvgIpc) is 3.46. The van der Waals surface area contributed by atoms with E-state index in [4.69, 9.17) is 10.5 Å². The number of nitrogens with zero attached hydrogens (tertiary/aromatic N) is 3. The van der Waals surface area contributed by atoms with Crippen molar-refractivity contribution in [2.75, 3.05) is 30.7 Å². The molecule has 1 aromatic heterocycles. The standard InChI is InChI=1S/C18H25N5O2.C7H8N2/c1-14-12-16(23-22-14)21-17(24)15-4-2-8-19-9-6-18(5-3-11-25-18)7-10-20-13-15;1-9-7-5-3-2-4-6(7)8/h2,4,8,12-13,19H,3,5-7,9-11H2,1H3,(H2,21,22,23,24);2-5H,1,8H2/b8-2+,15-4+,20-13?;. The van der Waals surface area contributed by atoms with Crippen LogP contribution < -0.4 is 16.4 Å². The van der Waals surface area contributed by atoms with E-state index in [0.29, 0.717) is 23.6 Å². The lowest BCUT2D eigenvalue weighted by atomic mass is 9.92. The quantitative estimate of drug-likeness (QED) is 0.407. The number of nitrogen functional groups attached to an aromatic ring is 1. The first-order valence-electron chi connectivity index (χ1n) is 11.4. The van der Waals surface area contributed by atoms with E-state index in [1.54, 1.807) is 24.4 Å². The summed E-state index contributed by atoms with van der Waals surface area (Å²) in [6, 6.07) is 9.14. The molecular weight excluding hydrogens is 430 g/mol. The van der Waals surface area contributed by atoms with Gasteiger partial charge >= 0.3 is 0 Å². The highest BCUT2D eigenvalue weighted by Gasteiger charge is 2.33. The van der Waals surface area contributed by atoms with E-state index in [1.807, 2.05) is 37.4 Å². The van der Waals surface area contributed by atoms with E-state index in [-0.39, 0.29) is 11.5 Å². The zero-order chi connectivity index (χ0) is 24.2. The molecule has 3 heterocycles. The summed E-state index contributed by atoms with van der Waals surface area (Å²) in [5.41, 5.74) is 8.22. The van der Waals surface area contributed by atoms with E-state index in [1.165, 1.54) is 0 Å². The summed E-state index contributed by atoms with van der Waals surface area (Å²) in [6.07, 6.45) is 11.1. The number of benzene rings is 1. The second-order valence-electron chi connectivity index (χ2n) is 8.21. The maximum Gasteiger partial charge on any atom is 0.258 e. The molecule has 1 unspecified atom stereocenters. The molecule has 34 heavy (non-hydrogen) atoms. The van der Waals surface area contributed by atoms with Gasteiger partial charge in [0.1, 0.15) is 0 Å². The van der Waals surface area contributed by atoms with Gasteiger partial charge in [0.2, 0.25) is 0 Å². The third-order valence-corrected chi connectivity index (χ3v) is 5.64. The molecule has 1 spiro atoms. The predicted octanol–water partition coefficient (Wildman–Crippen LogP) is 3.70. The van der Waals surface area contributed by atoms with Crippen LogP contribution in [0.2, 0.25) is 0 Å². The molecule has 1 amide bonds. The van der Waals surface area contributed by atoms with Crippen LogP contribution in [0.25, 0.3) is 0 Å². The van der Waals surface area contributed by atoms with Crippen molar-refractivity contribution < 1.29 is 9.53 Å². The van der Waals surface area contributed by atoms with Crippen LogP contribution in [0.4, 0.5) is 17.2 Å². The summed E-state index contributed by atoms with van der Waals surface area (Å²) < 4.78 is 6.00. The number of hydrogen-bond acceptors (Lipinski definition) is 7. The van der Waals surface area contributed by atoms with Crippen molar-refractivity contribution in [3.8, 4) is 0 Å². The Labute approximate surface area is 200 Å². The highest BCUT2D eigenvalue weighted by Crippen LogP contribution is 2.32. The molecule has 2 aliphatic heterocycles. The number of carbonyl (C=O) groups excluding carboxylic acids is 1. The van der Waals surface area contributed by atoms with E-state index in [9.17, 15) is 4.79 Å². The van der Waals surface area contributed by atoms with Gasteiger partial charge in [-0.3, -0.25) is 19.9 Å². The summed E-state index contributed by atoms with van der Waals surface area (Å²) in [4.78, 5) is 20.6. The minimum absolute atomic E-state index is 0.0733. The number of carbonyl (C=O) groups is 1. The number of anilines is 2. The van der Waals surface area contributed by atoms with Gasteiger partial charge < -0.3 is 21.1 Å². The van der Waals surface area contributed by atoms with Gasteiger partial charge in [0.25, 0.3) is 5.91 Å². The Bertz CT molecular complexity index is 1050. The van der Waals surface area contributed by atoms with E-state index in [2.05, 4.69) is 37.5 Å². The Kier molecular flexibility index (Phi) is 9.16. The number of ether oxygens (including phenoxy) is 1. The van der Waals surface area contributed by atoms with Crippen molar-refractivity contribution in [1.29, 1.82) is 0 Å². The fourth-order valence-corrected chi connectivity index (χ4v) is 3.79. The summed E-state index contributed by atoms with van der Waals surface area (Å²) in [5, 5.41) is 12.9. The number of para-hydroxylation sites is 2. The summed E-state index contributed by atoms with van der Waals surface area (Å²) in [5.74, 6) is 0.270. The molecular formula is C25H33N7O2. The van der Waals surface area contributed by atoms with Gasteiger partial charge in [-0.15, -0.1) is 0 Å². The Morgan fingerprint density at radius 3 is 2.82 bits per heavy atom. The van der Waals surface area contributed by atoms with Crippen LogP contribution in [-0.4, -0.2) is 54.3 Å². The lowest BCUT2D eigenvalue weighted by Crippen LogP contribution is -2.32. The number of nitrogens with two attached hydrogens (primary N) is 1. The Morgan fingerprint density at radius 2 is 2.15 bits per heavy atom. The van der Waals surface area contributed by atoms with Crippen LogP contribution in [0.5, 0.6) is 0 Å². The van der Waals surface area contributed by atoms with Gasteiger partial charge in [0, 0.05) is 37.7 Å². The number of rotatable bonds is 3. The second kappa shape index (κ2) is 12.5. The molecule has 1 saturated heterocycles. The van der Waals surface area contributed by atoms with Gasteiger partial charge in [-0.2, -0.15) is 5.10 Å². The largest absolute Gasteiger partial charge is 0.397 e. The van der Waals surface area contributed by atoms with Crippen molar-refractivity contribution in [1.82, 2.24) is 15.5 Å². The molecule has 0 aliphatic carbocycles. The lowest BCUT2D eigenvalue weighted by molar-refractivity contribution is -0.112. The Hall–Kier alpha value is -3.72. The summed E-state index contributed by atoms with van der Waals surface area (Å²) >= 11 is 0. The second-order valence-corrected chi connectivity index (χ2v) is 8.21. The zero-order valence-corrected chi connectivity index (χ0v) is 19.6. The van der Waals surface area contributed by atoms with Gasteiger partial charge in [-0.1, -0.05) is 12.1 Å². The van der Waals surface area contributed by atoms with Crippen LogP contribution in [0.1, 0.15) is 31.4 Å². The number of aromatic amines is 1. The van der Waals surface area contributed by atoms with Crippen LogP contribution in [0.15, 0.2) is 64.2 Å². The van der Waals surface area contributed by atoms with Gasteiger partial charge in [-0.05, 0) is 69.8 Å². The predicted molar refractivity (Wildman–Crippen MR) is 138 cm³/mol. The van der Waals surface area contributed by atoms with Crippen molar-refractivity contribution >= 4 is 36.0 Å². The molecule has 0 radical (unpaired) electrons. The van der Waals surface area contributed by atoms with Crippen molar-refractivity contribution in [2.24, 2.45) is 9.98 Å². The van der Waals surface area contributed by atoms with Crippen LogP contribution in [0.3, 0.4) is 0 Å². The number of aryl methyl sites for hydroxylation is 1. The number of amides is 1. The number of hydrogen-bond donors (Lipinski definition) is 4. The molecule has 0 bridgehead atoms. The Morgan fingerprint density at radius 1 is 1.29 bits per heavy atom. The normalized spacial score (nSPS) is 22.7. The van der Waals surface area contributed by atoms with Gasteiger partial charge in [0.15, 0.2) is 5.82 Å². The number of nitrogens with one attached hydrogen (secondary N) is 3. The highest BCUT2D eigenvalue weighted by atomic mass is 16.5. The lowest BCUT2D eigenvalue weighted by Gasteiger charge is -2.27. The third kappa shape index (κ3) is 7.41. The fraction of sp³-hybridized carbons (Fsp3) is 0.360.